The number of nitrogens with one attached hydrogen (secondary N) is 1. The number of carbonyl (C=O) groups excluding carboxylic acids is 1. The molecule has 92 valence electrons. The smallest absolute Gasteiger partial charge is 0.318 e. The Hall–Kier alpha value is -1.16. The molecule has 1 unspecified atom stereocenters. The Morgan fingerprint density at radius 3 is 2.88 bits per heavy atom. The van der Waals surface area contributed by atoms with Gasteiger partial charge in [0.2, 0.25) is 0 Å². The molecule has 0 aliphatic carbocycles. The summed E-state index contributed by atoms with van der Waals surface area (Å²) in [6.07, 6.45) is 0. The number of aryl methyl sites for hydroxylation is 2. The summed E-state index contributed by atoms with van der Waals surface area (Å²) in [7, 11) is 0. The van der Waals surface area contributed by atoms with E-state index in [1.165, 1.54) is 16.7 Å². The molecule has 4 heteroatoms. The van der Waals surface area contributed by atoms with E-state index in [0.717, 1.165) is 6.54 Å². The lowest BCUT2D eigenvalue weighted by Crippen LogP contribution is -2.29. The van der Waals surface area contributed by atoms with Gasteiger partial charge in [0.1, 0.15) is 0 Å². The normalized spacial score (nSPS) is 19.6. The molecule has 1 heterocycles. The fourth-order valence-electron chi connectivity index (χ4n) is 2.30. The minimum Gasteiger partial charge on any atom is -0.329 e. The highest BCUT2D eigenvalue weighted by Crippen LogP contribution is 2.23. The Morgan fingerprint density at radius 2 is 2.24 bits per heavy atom. The van der Waals surface area contributed by atoms with Crippen LogP contribution in [0.15, 0.2) is 18.2 Å². The molecular weight excluding hydrogens is 232 g/mol. The standard InChI is InChI=1S/C13H18N2OS/c1-9-3-4-11(10(2)7-9)12-8-15(5-6-17)13(16)14-12/h3-4,7,12,17H,5-6,8H2,1-2H3,(H,14,16). The molecule has 3 nitrogen and oxygen atoms in total. The zero-order chi connectivity index (χ0) is 12.4. The zero-order valence-electron chi connectivity index (χ0n) is 10.2. The van der Waals surface area contributed by atoms with Gasteiger partial charge in [-0.3, -0.25) is 0 Å². The molecule has 0 radical (unpaired) electrons. The van der Waals surface area contributed by atoms with Crippen molar-refractivity contribution >= 4 is 18.7 Å². The van der Waals surface area contributed by atoms with Gasteiger partial charge in [-0.25, -0.2) is 4.79 Å². The van der Waals surface area contributed by atoms with E-state index in [4.69, 9.17) is 0 Å². The van der Waals surface area contributed by atoms with Gasteiger partial charge in [-0.05, 0) is 25.0 Å². The van der Waals surface area contributed by atoms with E-state index in [2.05, 4.69) is 50.0 Å². The second-order valence-electron chi connectivity index (χ2n) is 4.53. The van der Waals surface area contributed by atoms with E-state index in [1.807, 2.05) is 4.90 Å². The van der Waals surface area contributed by atoms with Gasteiger partial charge in [0.25, 0.3) is 0 Å². The largest absolute Gasteiger partial charge is 0.329 e. The van der Waals surface area contributed by atoms with Crippen molar-refractivity contribution in [3.63, 3.8) is 0 Å². The van der Waals surface area contributed by atoms with Crippen LogP contribution in [0.2, 0.25) is 0 Å². The Morgan fingerprint density at radius 1 is 1.47 bits per heavy atom. The summed E-state index contributed by atoms with van der Waals surface area (Å²) in [4.78, 5) is 13.5. The number of urea groups is 1. The number of hydrogen-bond donors (Lipinski definition) is 2. The van der Waals surface area contributed by atoms with Crippen LogP contribution in [0.4, 0.5) is 4.79 Å². The molecule has 0 bridgehead atoms. The SMILES string of the molecule is Cc1ccc(C2CN(CCS)C(=O)N2)c(C)c1. The molecule has 2 amide bonds. The number of benzene rings is 1. The molecule has 17 heavy (non-hydrogen) atoms. The quantitative estimate of drug-likeness (QED) is 0.793. The molecule has 0 aromatic heterocycles. The van der Waals surface area contributed by atoms with E-state index in [0.29, 0.717) is 12.3 Å². The summed E-state index contributed by atoms with van der Waals surface area (Å²) < 4.78 is 0. The molecule has 1 aliphatic heterocycles. The summed E-state index contributed by atoms with van der Waals surface area (Å²) in [5, 5.41) is 3.02. The second-order valence-corrected chi connectivity index (χ2v) is 4.98. The topological polar surface area (TPSA) is 32.3 Å². The van der Waals surface area contributed by atoms with Crippen LogP contribution in [0.1, 0.15) is 22.7 Å². The first-order chi connectivity index (χ1) is 8.11. The predicted molar refractivity (Wildman–Crippen MR) is 72.6 cm³/mol. The molecule has 1 saturated heterocycles. The van der Waals surface area contributed by atoms with E-state index in [1.54, 1.807) is 0 Å². The monoisotopic (exact) mass is 250 g/mol. The molecule has 1 fully saturated rings. The zero-order valence-corrected chi connectivity index (χ0v) is 11.1. The predicted octanol–water partition coefficient (Wildman–Crippen LogP) is 2.30. The van der Waals surface area contributed by atoms with Crippen LogP contribution in [-0.4, -0.2) is 29.8 Å². The third-order valence-corrected chi connectivity index (χ3v) is 3.36. The van der Waals surface area contributed by atoms with Crippen molar-refractivity contribution in [2.24, 2.45) is 0 Å². The van der Waals surface area contributed by atoms with Crippen LogP contribution in [-0.2, 0) is 0 Å². The third kappa shape index (κ3) is 2.57. The fraction of sp³-hybridized carbons (Fsp3) is 0.462. The molecule has 1 aliphatic rings. The van der Waals surface area contributed by atoms with E-state index in [-0.39, 0.29) is 12.1 Å². The van der Waals surface area contributed by atoms with E-state index in [9.17, 15) is 4.79 Å². The van der Waals surface area contributed by atoms with Crippen LogP contribution in [0, 0.1) is 13.8 Å². The van der Waals surface area contributed by atoms with E-state index >= 15 is 0 Å². The average molecular weight is 250 g/mol. The van der Waals surface area contributed by atoms with Crippen molar-refractivity contribution in [2.45, 2.75) is 19.9 Å². The van der Waals surface area contributed by atoms with E-state index < -0.39 is 0 Å². The van der Waals surface area contributed by atoms with Gasteiger partial charge in [0.05, 0.1) is 6.04 Å². The van der Waals surface area contributed by atoms with Crippen molar-refractivity contribution in [3.05, 3.63) is 34.9 Å². The highest BCUT2D eigenvalue weighted by molar-refractivity contribution is 7.80. The second kappa shape index (κ2) is 5.00. The van der Waals surface area contributed by atoms with Gasteiger partial charge in [-0.15, -0.1) is 0 Å². The first kappa shape index (κ1) is 12.3. The Kier molecular flexibility index (Phi) is 3.62. The molecule has 1 aromatic rings. The number of hydrogen-bond acceptors (Lipinski definition) is 2. The Bertz CT molecular complexity index is 433. The summed E-state index contributed by atoms with van der Waals surface area (Å²) in [5.74, 6) is 0.701. The minimum atomic E-state index is 0.0176. The summed E-state index contributed by atoms with van der Waals surface area (Å²) in [5.41, 5.74) is 3.71. The summed E-state index contributed by atoms with van der Waals surface area (Å²) >= 11 is 4.17. The first-order valence-corrected chi connectivity index (χ1v) is 6.48. The molecule has 1 N–H and O–H groups in total. The molecular formula is C13H18N2OS. The molecule has 1 aromatic carbocycles. The van der Waals surface area contributed by atoms with Gasteiger partial charge in [0.15, 0.2) is 0 Å². The lowest BCUT2D eigenvalue weighted by molar-refractivity contribution is 0.220. The number of carbonyl (C=O) groups is 1. The Labute approximate surface area is 108 Å². The molecule has 1 atom stereocenters. The molecule has 2 rings (SSSR count). The lowest BCUT2D eigenvalue weighted by Gasteiger charge is -2.15. The first-order valence-electron chi connectivity index (χ1n) is 5.85. The fourth-order valence-corrected chi connectivity index (χ4v) is 2.54. The molecule has 0 spiro atoms. The van der Waals surface area contributed by atoms with Crippen LogP contribution in [0.5, 0.6) is 0 Å². The van der Waals surface area contributed by atoms with Crippen molar-refractivity contribution < 1.29 is 4.79 Å². The summed E-state index contributed by atoms with van der Waals surface area (Å²) in [6, 6.07) is 6.49. The maximum absolute atomic E-state index is 11.7. The average Bonchev–Trinajstić information content (AvgIpc) is 2.60. The number of rotatable bonds is 3. The summed E-state index contributed by atoms with van der Waals surface area (Å²) in [6.45, 7) is 5.62. The van der Waals surface area contributed by atoms with Crippen LogP contribution < -0.4 is 5.32 Å². The van der Waals surface area contributed by atoms with Crippen molar-refractivity contribution in [1.29, 1.82) is 0 Å². The van der Waals surface area contributed by atoms with Crippen molar-refractivity contribution in [2.75, 3.05) is 18.8 Å². The highest BCUT2D eigenvalue weighted by Gasteiger charge is 2.29. The van der Waals surface area contributed by atoms with Gasteiger partial charge in [0, 0.05) is 18.8 Å². The third-order valence-electron chi connectivity index (χ3n) is 3.16. The van der Waals surface area contributed by atoms with Crippen LogP contribution in [0.3, 0.4) is 0 Å². The van der Waals surface area contributed by atoms with Gasteiger partial charge >= 0.3 is 6.03 Å². The number of nitrogens with zero attached hydrogens (tertiary/aromatic N) is 1. The lowest BCUT2D eigenvalue weighted by atomic mass is 10.00. The van der Waals surface area contributed by atoms with Crippen molar-refractivity contribution in [3.8, 4) is 0 Å². The Balaban J connectivity index is 2.17. The van der Waals surface area contributed by atoms with Gasteiger partial charge < -0.3 is 10.2 Å². The van der Waals surface area contributed by atoms with Crippen LogP contribution >= 0.6 is 12.6 Å². The minimum absolute atomic E-state index is 0.0176. The number of amides is 2. The van der Waals surface area contributed by atoms with Crippen LogP contribution in [0.25, 0.3) is 0 Å². The van der Waals surface area contributed by atoms with Gasteiger partial charge in [-0.1, -0.05) is 23.8 Å². The maximum Gasteiger partial charge on any atom is 0.318 e. The maximum atomic E-state index is 11.7. The van der Waals surface area contributed by atoms with Gasteiger partial charge in [-0.2, -0.15) is 12.6 Å². The molecule has 0 saturated carbocycles. The highest BCUT2D eigenvalue weighted by atomic mass is 32.1. The van der Waals surface area contributed by atoms with Crippen molar-refractivity contribution in [1.82, 2.24) is 10.2 Å². The number of thiol groups is 1.